The van der Waals surface area contributed by atoms with Crippen molar-refractivity contribution in [3.05, 3.63) is 109 Å². The lowest BCUT2D eigenvalue weighted by Gasteiger charge is -2.20. The van der Waals surface area contributed by atoms with Crippen LogP contribution >= 0.6 is 0 Å². The van der Waals surface area contributed by atoms with E-state index in [1.165, 1.54) is 18.2 Å². The van der Waals surface area contributed by atoms with Gasteiger partial charge in [-0.25, -0.2) is 4.90 Å². The molecule has 9 heteroatoms. The van der Waals surface area contributed by atoms with E-state index in [4.69, 9.17) is 0 Å². The predicted octanol–water partition coefficient (Wildman–Crippen LogP) is 5.74. The van der Waals surface area contributed by atoms with Gasteiger partial charge in [0, 0.05) is 19.9 Å². The average Bonchev–Trinajstić information content (AvgIpc) is 2.82. The van der Waals surface area contributed by atoms with Crippen LogP contribution in [0.3, 0.4) is 0 Å². The maximum atomic E-state index is 12.3. The number of hydrogen-bond donors (Lipinski definition) is 0. The second-order valence-electron chi connectivity index (χ2n) is 7.47. The Morgan fingerprint density at radius 1 is 0.714 bits per heavy atom. The average molecular weight is 471 g/mol. The molecule has 0 fully saturated rings. The highest BCUT2D eigenvalue weighted by molar-refractivity contribution is 6.15. The van der Waals surface area contributed by atoms with Crippen LogP contribution in [0.25, 0.3) is 24.3 Å². The van der Waals surface area contributed by atoms with Crippen molar-refractivity contribution in [1.82, 2.24) is 0 Å². The van der Waals surface area contributed by atoms with E-state index in [1.807, 2.05) is 0 Å². The Hall–Kier alpha value is -4.92. The van der Waals surface area contributed by atoms with Gasteiger partial charge in [-0.2, -0.15) is 0 Å². The van der Waals surface area contributed by atoms with Gasteiger partial charge in [0.2, 0.25) is 11.8 Å². The quantitative estimate of drug-likeness (QED) is 0.246. The monoisotopic (exact) mass is 471 g/mol. The van der Waals surface area contributed by atoms with Crippen LogP contribution in [0, 0.1) is 20.2 Å². The normalized spacial score (nSPS) is 11.0. The number of carbonyl (C=O) groups is 2. The molecule has 176 valence electrons. The van der Waals surface area contributed by atoms with E-state index < -0.39 is 33.0 Å². The van der Waals surface area contributed by atoms with E-state index in [-0.39, 0.29) is 16.8 Å². The molecule has 0 aliphatic rings. The van der Waals surface area contributed by atoms with Gasteiger partial charge in [0.15, 0.2) is 0 Å². The second kappa shape index (κ2) is 10.8. The Bertz CT molecular complexity index is 1330. The molecule has 0 bridgehead atoms. The maximum Gasteiger partial charge on any atom is 0.292 e. The van der Waals surface area contributed by atoms with Crippen molar-refractivity contribution in [2.45, 2.75) is 13.8 Å². The zero-order valence-electron chi connectivity index (χ0n) is 19.0. The number of anilines is 1. The number of nitro groups is 2. The molecule has 9 nitrogen and oxygen atoms in total. The van der Waals surface area contributed by atoms with Crippen molar-refractivity contribution in [3.63, 3.8) is 0 Å². The van der Waals surface area contributed by atoms with Crippen LogP contribution in [0.15, 0.2) is 66.7 Å². The Labute approximate surface area is 200 Å². The molecule has 3 rings (SSSR count). The highest BCUT2D eigenvalue weighted by atomic mass is 16.6. The molecule has 3 aromatic rings. The number of carbonyl (C=O) groups excluding carboxylic acids is 2. The zero-order chi connectivity index (χ0) is 25.5. The number of rotatable bonds is 7. The Morgan fingerprint density at radius 3 is 1.57 bits per heavy atom. The molecular formula is C26H21N3O6. The predicted molar refractivity (Wildman–Crippen MR) is 134 cm³/mol. The molecule has 35 heavy (non-hydrogen) atoms. The van der Waals surface area contributed by atoms with Crippen LogP contribution in [-0.2, 0) is 9.59 Å². The van der Waals surface area contributed by atoms with Gasteiger partial charge in [-0.05, 0) is 23.3 Å². The Balaban J connectivity index is 2.39. The first-order valence-corrected chi connectivity index (χ1v) is 10.5. The van der Waals surface area contributed by atoms with Crippen molar-refractivity contribution in [2.24, 2.45) is 0 Å². The minimum Gasteiger partial charge on any atom is -0.274 e. The molecule has 0 saturated heterocycles. The van der Waals surface area contributed by atoms with Crippen molar-refractivity contribution in [1.29, 1.82) is 0 Å². The third-order valence-corrected chi connectivity index (χ3v) is 5.07. The summed E-state index contributed by atoms with van der Waals surface area (Å²) in [5.74, 6) is -1.47. The highest BCUT2D eigenvalue weighted by Crippen LogP contribution is 2.41. The summed E-state index contributed by atoms with van der Waals surface area (Å²) < 4.78 is 0. The van der Waals surface area contributed by atoms with Gasteiger partial charge in [0.25, 0.3) is 11.4 Å². The van der Waals surface area contributed by atoms with E-state index in [0.717, 1.165) is 19.9 Å². The van der Waals surface area contributed by atoms with Crippen molar-refractivity contribution in [2.75, 3.05) is 4.90 Å². The Morgan fingerprint density at radius 2 is 1.17 bits per heavy atom. The van der Waals surface area contributed by atoms with Gasteiger partial charge >= 0.3 is 0 Å². The first-order chi connectivity index (χ1) is 16.7. The minimum atomic E-state index is -0.774. The van der Waals surface area contributed by atoms with E-state index >= 15 is 0 Å². The fourth-order valence-electron chi connectivity index (χ4n) is 3.58. The van der Waals surface area contributed by atoms with Gasteiger partial charge < -0.3 is 0 Å². The number of benzene rings is 3. The molecule has 0 saturated carbocycles. The number of nitro benzene ring substituents is 2. The minimum absolute atomic E-state index is 0.109. The lowest BCUT2D eigenvalue weighted by Crippen LogP contribution is -2.34. The van der Waals surface area contributed by atoms with Crippen molar-refractivity contribution < 1.29 is 19.4 Å². The lowest BCUT2D eigenvalue weighted by molar-refractivity contribution is -0.394. The maximum absolute atomic E-state index is 12.3. The van der Waals surface area contributed by atoms with E-state index in [9.17, 15) is 29.8 Å². The fraction of sp³-hybridized carbons (Fsp3) is 0.0769. The van der Waals surface area contributed by atoms with Gasteiger partial charge in [0.1, 0.15) is 5.56 Å². The molecule has 3 aromatic carbocycles. The summed E-state index contributed by atoms with van der Waals surface area (Å²) in [6, 6.07) is 18.7. The number of imide groups is 1. The summed E-state index contributed by atoms with van der Waals surface area (Å²) >= 11 is 0. The topological polar surface area (TPSA) is 124 Å². The van der Waals surface area contributed by atoms with Gasteiger partial charge in [0.05, 0.1) is 21.1 Å². The van der Waals surface area contributed by atoms with Crippen LogP contribution in [0.2, 0.25) is 0 Å². The summed E-state index contributed by atoms with van der Waals surface area (Å²) in [6.07, 6.45) is 5.76. The molecule has 2 amide bonds. The largest absolute Gasteiger partial charge is 0.292 e. The summed E-state index contributed by atoms with van der Waals surface area (Å²) in [7, 11) is 0. The third-order valence-electron chi connectivity index (χ3n) is 5.07. The van der Waals surface area contributed by atoms with Crippen LogP contribution < -0.4 is 4.90 Å². The van der Waals surface area contributed by atoms with Crippen molar-refractivity contribution in [3.8, 4) is 0 Å². The van der Waals surface area contributed by atoms with Crippen LogP contribution in [0.5, 0.6) is 0 Å². The summed E-state index contributed by atoms with van der Waals surface area (Å²) in [5.41, 5.74) is -0.438. The molecule has 0 unspecified atom stereocenters. The summed E-state index contributed by atoms with van der Waals surface area (Å²) in [6.45, 7) is 2.21. The number of hydrogen-bond acceptors (Lipinski definition) is 6. The molecular weight excluding hydrogens is 450 g/mol. The van der Waals surface area contributed by atoms with Gasteiger partial charge in [-0.1, -0.05) is 72.8 Å². The van der Waals surface area contributed by atoms with E-state index in [1.54, 1.807) is 66.7 Å². The Kier molecular flexibility index (Phi) is 7.63. The molecule has 0 heterocycles. The molecule has 0 N–H and O–H groups in total. The molecule has 0 aliphatic carbocycles. The SMILES string of the molecule is CC(=O)N(C(C)=O)c1cc([N+](=O)[O-])c(C=Cc2ccccc2)c([N+](=O)[O-])c1C=Cc1ccccc1. The third kappa shape index (κ3) is 5.72. The van der Waals surface area contributed by atoms with Crippen LogP contribution in [-0.4, -0.2) is 21.7 Å². The van der Waals surface area contributed by atoms with Crippen molar-refractivity contribution >= 4 is 53.2 Å². The fourth-order valence-corrected chi connectivity index (χ4v) is 3.58. The molecule has 0 spiro atoms. The summed E-state index contributed by atoms with van der Waals surface area (Å²) in [5, 5.41) is 24.2. The molecule has 0 aliphatic heterocycles. The molecule has 0 atom stereocenters. The first-order valence-electron chi connectivity index (χ1n) is 10.5. The lowest BCUT2D eigenvalue weighted by atomic mass is 9.99. The molecule has 0 radical (unpaired) electrons. The molecule has 0 aromatic heterocycles. The van der Waals surface area contributed by atoms with Gasteiger partial charge in [-0.15, -0.1) is 0 Å². The smallest absolute Gasteiger partial charge is 0.274 e. The number of amides is 2. The van der Waals surface area contributed by atoms with E-state index in [0.29, 0.717) is 16.0 Å². The highest BCUT2D eigenvalue weighted by Gasteiger charge is 2.33. The zero-order valence-corrected chi connectivity index (χ0v) is 19.0. The standard InChI is InChI=1S/C26H21N3O6/c1-18(30)27(19(2)31)24-17-25(28(32)33)23(16-14-21-11-7-4-8-12-21)26(29(34)35)22(24)15-13-20-9-5-3-6-10-20/h3-17H,1-2H3. The van der Waals surface area contributed by atoms with Crippen LogP contribution in [0.1, 0.15) is 36.1 Å². The number of nitrogens with zero attached hydrogens (tertiary/aromatic N) is 3. The second-order valence-corrected chi connectivity index (χ2v) is 7.47. The van der Waals surface area contributed by atoms with E-state index in [2.05, 4.69) is 0 Å². The van der Waals surface area contributed by atoms with Crippen LogP contribution in [0.4, 0.5) is 17.1 Å². The first kappa shape index (κ1) is 24.7. The van der Waals surface area contributed by atoms with Gasteiger partial charge in [-0.3, -0.25) is 29.8 Å². The summed E-state index contributed by atoms with van der Waals surface area (Å²) in [4.78, 5) is 48.0.